The molecule has 0 aliphatic heterocycles. The average molecular weight is 808 g/mol. The van der Waals surface area contributed by atoms with Gasteiger partial charge in [-0.25, -0.2) is 0 Å². The first-order valence-electron chi connectivity index (χ1n) is 22.0. The number of quaternary nitrogens is 1. The summed E-state index contributed by atoms with van der Waals surface area (Å²) >= 11 is 0. The smallest absolute Gasteiger partial charge is 0.306 e. The molecule has 0 aromatic rings. The van der Waals surface area contributed by atoms with Crippen molar-refractivity contribution in [3.63, 3.8) is 0 Å². The highest BCUT2D eigenvalue weighted by atomic mass is 31.2. The van der Waals surface area contributed by atoms with Crippen LogP contribution in [0.4, 0.5) is 0 Å². The lowest BCUT2D eigenvalue weighted by Gasteiger charge is -2.28. The quantitative estimate of drug-likeness (QED) is 0.0151. The van der Waals surface area contributed by atoms with Crippen molar-refractivity contribution in [3.8, 4) is 0 Å². The number of carbonyl (C=O) groups is 2. The molecule has 0 saturated carbocycles. The lowest BCUT2D eigenvalue weighted by Crippen LogP contribution is -2.37. The number of allylic oxidation sites excluding steroid dienone is 10. The summed E-state index contributed by atoms with van der Waals surface area (Å²) in [5, 5.41) is 0. The van der Waals surface area contributed by atoms with Gasteiger partial charge in [-0.1, -0.05) is 158 Å². The molecular formula is C46H82NO8P. The van der Waals surface area contributed by atoms with Crippen molar-refractivity contribution in [3.05, 3.63) is 60.8 Å². The molecule has 0 bridgehead atoms. The van der Waals surface area contributed by atoms with Crippen LogP contribution >= 0.6 is 7.82 Å². The van der Waals surface area contributed by atoms with E-state index in [4.69, 9.17) is 18.5 Å². The molecule has 0 N–H and O–H groups in total. The molecule has 0 aromatic carbocycles. The predicted octanol–water partition coefficient (Wildman–Crippen LogP) is 11.8. The Morgan fingerprint density at radius 3 is 1.57 bits per heavy atom. The van der Waals surface area contributed by atoms with Crippen LogP contribution in [0.15, 0.2) is 60.8 Å². The summed E-state index contributed by atoms with van der Waals surface area (Å²) in [6.45, 7) is 4.04. The lowest BCUT2D eigenvalue weighted by molar-refractivity contribution is -0.870. The highest BCUT2D eigenvalue weighted by Crippen LogP contribution is 2.38. The van der Waals surface area contributed by atoms with Gasteiger partial charge in [0.25, 0.3) is 7.82 Å². The fourth-order valence-corrected chi connectivity index (χ4v) is 6.39. The number of likely N-dealkylation sites (N-methyl/N-ethyl adjacent to an activating group) is 1. The number of hydrogen-bond donors (Lipinski definition) is 0. The van der Waals surface area contributed by atoms with Crippen LogP contribution in [-0.2, 0) is 32.7 Å². The largest absolute Gasteiger partial charge is 0.756 e. The second kappa shape index (κ2) is 38.2. The summed E-state index contributed by atoms with van der Waals surface area (Å²) in [4.78, 5) is 37.5. The molecule has 0 fully saturated rings. The van der Waals surface area contributed by atoms with Crippen LogP contribution in [0.3, 0.4) is 0 Å². The first-order valence-corrected chi connectivity index (χ1v) is 23.5. The molecule has 9 nitrogen and oxygen atoms in total. The topological polar surface area (TPSA) is 111 Å². The first kappa shape index (κ1) is 53.7. The minimum absolute atomic E-state index is 0.0378. The molecule has 0 heterocycles. The van der Waals surface area contributed by atoms with Crippen LogP contribution in [0.2, 0.25) is 0 Å². The van der Waals surface area contributed by atoms with E-state index in [0.29, 0.717) is 23.9 Å². The van der Waals surface area contributed by atoms with Gasteiger partial charge in [0.2, 0.25) is 0 Å². The van der Waals surface area contributed by atoms with Gasteiger partial charge in [0.15, 0.2) is 6.10 Å². The second-order valence-corrected chi connectivity index (χ2v) is 17.2. The van der Waals surface area contributed by atoms with Crippen molar-refractivity contribution in [1.29, 1.82) is 0 Å². The van der Waals surface area contributed by atoms with Crippen LogP contribution in [0.5, 0.6) is 0 Å². The zero-order chi connectivity index (χ0) is 41.4. The Labute approximate surface area is 343 Å². The second-order valence-electron chi connectivity index (χ2n) is 15.8. The molecule has 0 radical (unpaired) electrons. The van der Waals surface area contributed by atoms with Gasteiger partial charge in [0.1, 0.15) is 19.8 Å². The minimum atomic E-state index is -4.63. The standard InChI is InChI=1S/C46H82NO8P/c1-6-8-10-12-14-16-18-20-22-23-25-27-29-31-33-35-37-39-46(49)55-44(43-54-56(50,51)53-41-40-47(3,4)5)42-52-45(48)38-36-34-32-30-28-26-24-21-19-17-15-13-11-9-7-2/h9,11,13,15-19,21,24,44H,6-8,10,12,14,20,22-23,25-43H2,1-5H3/b11-9+,15-13+,18-16+,19-17+,24-21+/t44-/m1/s1. The highest BCUT2D eigenvalue weighted by Gasteiger charge is 2.21. The average Bonchev–Trinajstić information content (AvgIpc) is 3.15. The molecule has 56 heavy (non-hydrogen) atoms. The van der Waals surface area contributed by atoms with Gasteiger partial charge in [-0.3, -0.25) is 14.2 Å². The first-order chi connectivity index (χ1) is 27.0. The van der Waals surface area contributed by atoms with E-state index in [1.54, 1.807) is 0 Å². The number of unbranched alkanes of at least 4 members (excludes halogenated alkanes) is 18. The van der Waals surface area contributed by atoms with E-state index in [0.717, 1.165) is 57.8 Å². The summed E-state index contributed by atoms with van der Waals surface area (Å²) < 4.78 is 33.9. The zero-order valence-corrected chi connectivity index (χ0v) is 37.2. The fourth-order valence-electron chi connectivity index (χ4n) is 5.66. The lowest BCUT2D eigenvalue weighted by atomic mass is 10.1. The minimum Gasteiger partial charge on any atom is -0.756 e. The Balaban J connectivity index is 4.40. The maximum Gasteiger partial charge on any atom is 0.306 e. The van der Waals surface area contributed by atoms with E-state index in [-0.39, 0.29) is 26.1 Å². The summed E-state index contributed by atoms with van der Waals surface area (Å²) in [6.07, 6.45) is 45.3. The van der Waals surface area contributed by atoms with Gasteiger partial charge in [0.05, 0.1) is 27.7 Å². The van der Waals surface area contributed by atoms with Gasteiger partial charge in [0, 0.05) is 12.8 Å². The number of hydrogen-bond acceptors (Lipinski definition) is 8. The molecule has 0 spiro atoms. The zero-order valence-electron chi connectivity index (χ0n) is 36.3. The van der Waals surface area contributed by atoms with Gasteiger partial charge in [-0.15, -0.1) is 0 Å². The number of phosphoric acid groups is 1. The molecule has 0 aromatic heterocycles. The highest BCUT2D eigenvalue weighted by molar-refractivity contribution is 7.45. The number of esters is 2. The number of rotatable bonds is 39. The molecule has 1 unspecified atom stereocenters. The Hall–Kier alpha value is -2.29. The van der Waals surface area contributed by atoms with Crippen molar-refractivity contribution in [2.75, 3.05) is 47.5 Å². The molecule has 0 rings (SSSR count). The summed E-state index contributed by atoms with van der Waals surface area (Å²) in [6, 6.07) is 0. The van der Waals surface area contributed by atoms with Gasteiger partial charge in [-0.2, -0.15) is 0 Å². The van der Waals surface area contributed by atoms with E-state index >= 15 is 0 Å². The van der Waals surface area contributed by atoms with Gasteiger partial charge >= 0.3 is 11.9 Å². The van der Waals surface area contributed by atoms with Crippen molar-refractivity contribution in [2.24, 2.45) is 0 Å². The third-order valence-electron chi connectivity index (χ3n) is 9.12. The number of nitrogens with zero attached hydrogens (tertiary/aromatic N) is 1. The third-order valence-corrected chi connectivity index (χ3v) is 10.1. The van der Waals surface area contributed by atoms with Crippen LogP contribution < -0.4 is 4.89 Å². The van der Waals surface area contributed by atoms with Crippen LogP contribution in [-0.4, -0.2) is 70.0 Å². The molecule has 0 amide bonds. The monoisotopic (exact) mass is 808 g/mol. The predicted molar refractivity (Wildman–Crippen MR) is 231 cm³/mol. The summed E-state index contributed by atoms with van der Waals surface area (Å²) in [7, 11) is 1.14. The molecule has 0 aliphatic carbocycles. The molecule has 324 valence electrons. The van der Waals surface area contributed by atoms with Crippen molar-refractivity contribution in [2.45, 2.75) is 174 Å². The molecular weight excluding hydrogens is 725 g/mol. The Bertz CT molecular complexity index is 1140. The number of carbonyl (C=O) groups excluding carboxylic acids is 2. The third kappa shape index (κ3) is 41.3. The molecule has 2 atom stereocenters. The maximum absolute atomic E-state index is 12.7. The molecule has 0 aliphatic rings. The van der Waals surface area contributed by atoms with E-state index in [1.165, 1.54) is 70.6 Å². The Morgan fingerprint density at radius 2 is 1.04 bits per heavy atom. The number of ether oxygens (including phenoxy) is 2. The fraction of sp³-hybridized carbons (Fsp3) is 0.739. The Morgan fingerprint density at radius 1 is 0.571 bits per heavy atom. The number of phosphoric ester groups is 1. The van der Waals surface area contributed by atoms with Crippen LogP contribution in [0.25, 0.3) is 0 Å². The van der Waals surface area contributed by atoms with Gasteiger partial charge < -0.3 is 27.9 Å². The van der Waals surface area contributed by atoms with Gasteiger partial charge in [-0.05, 0) is 57.8 Å². The van der Waals surface area contributed by atoms with E-state index in [9.17, 15) is 19.0 Å². The molecule has 0 saturated heterocycles. The van der Waals surface area contributed by atoms with E-state index in [1.807, 2.05) is 51.5 Å². The summed E-state index contributed by atoms with van der Waals surface area (Å²) in [5.41, 5.74) is 0. The Kier molecular flexibility index (Phi) is 36.7. The van der Waals surface area contributed by atoms with E-state index in [2.05, 4.69) is 44.2 Å². The van der Waals surface area contributed by atoms with Crippen LogP contribution in [0, 0.1) is 0 Å². The maximum atomic E-state index is 12.7. The molecule has 10 heteroatoms. The van der Waals surface area contributed by atoms with E-state index < -0.39 is 32.5 Å². The van der Waals surface area contributed by atoms with Crippen LogP contribution in [0.1, 0.15) is 168 Å². The normalized spacial score (nSPS) is 14.2. The summed E-state index contributed by atoms with van der Waals surface area (Å²) in [5.74, 6) is -0.867. The van der Waals surface area contributed by atoms with Crippen molar-refractivity contribution in [1.82, 2.24) is 0 Å². The van der Waals surface area contributed by atoms with Crippen molar-refractivity contribution >= 4 is 19.8 Å². The SMILES string of the molecule is CC/C=C/C=C/C=C/C=C/CCCCCCCC(=O)OC[C@H](COP(=O)([O-])OCC[N+](C)(C)C)OC(=O)CCCCCCCCCCC/C=C/CCCCCC. The van der Waals surface area contributed by atoms with Crippen molar-refractivity contribution < 1.29 is 42.1 Å².